The lowest BCUT2D eigenvalue weighted by Crippen LogP contribution is -2.27. The minimum Gasteiger partial charge on any atom is -0.493 e. The summed E-state index contributed by atoms with van der Waals surface area (Å²) in [5.41, 5.74) is 2.04. The van der Waals surface area contributed by atoms with E-state index in [0.29, 0.717) is 27.5 Å². The van der Waals surface area contributed by atoms with Crippen LogP contribution in [0.25, 0.3) is 6.08 Å². The summed E-state index contributed by atoms with van der Waals surface area (Å²) < 4.78 is 12.2. The number of methoxy groups -OCH3 is 1. The predicted molar refractivity (Wildman–Crippen MR) is 124 cm³/mol. The molecule has 0 N–H and O–H groups in total. The van der Waals surface area contributed by atoms with Gasteiger partial charge in [-0.25, -0.2) is 0 Å². The van der Waals surface area contributed by atoms with Crippen molar-refractivity contribution in [2.24, 2.45) is 0 Å². The number of carbonyl (C=O) groups is 2. The van der Waals surface area contributed by atoms with Gasteiger partial charge in [-0.1, -0.05) is 24.3 Å². The number of benzene rings is 2. The van der Waals surface area contributed by atoms with Crippen LogP contribution in [0.5, 0.6) is 11.5 Å². The Balaban J connectivity index is 1.86. The molecule has 0 bridgehead atoms. The van der Waals surface area contributed by atoms with E-state index >= 15 is 0 Å². The normalized spacial score (nSPS) is 14.7. The van der Waals surface area contributed by atoms with E-state index in [0.717, 1.165) is 25.8 Å². The lowest BCUT2D eigenvalue weighted by atomic mass is 10.1. The van der Waals surface area contributed by atoms with Gasteiger partial charge in [0.2, 0.25) is 0 Å². The van der Waals surface area contributed by atoms with E-state index in [1.165, 1.54) is 13.2 Å². The molecule has 8 heteroatoms. The van der Waals surface area contributed by atoms with Crippen molar-refractivity contribution in [3.63, 3.8) is 0 Å². The van der Waals surface area contributed by atoms with E-state index in [1.807, 2.05) is 18.2 Å². The third-order valence-electron chi connectivity index (χ3n) is 4.24. The molecule has 1 fully saturated rings. The Bertz CT molecular complexity index is 1090. The fraction of sp³-hybridized carbons (Fsp3) is 0.136. The van der Waals surface area contributed by atoms with Crippen molar-refractivity contribution in [3.05, 3.63) is 74.2 Å². The van der Waals surface area contributed by atoms with Gasteiger partial charge in [-0.05, 0) is 64.2 Å². The monoisotopic (exact) mass is 532 g/mol. The van der Waals surface area contributed by atoms with Gasteiger partial charge >= 0.3 is 0 Å². The van der Waals surface area contributed by atoms with Gasteiger partial charge in [0.1, 0.15) is 6.61 Å². The second-order valence-corrected chi connectivity index (χ2v) is 8.33. The van der Waals surface area contributed by atoms with Crippen LogP contribution >= 0.6 is 34.4 Å². The molecule has 1 saturated heterocycles. The molecule has 30 heavy (non-hydrogen) atoms. The average Bonchev–Trinajstić information content (AvgIpc) is 3.00. The number of ether oxygens (including phenoxy) is 2. The second-order valence-electron chi connectivity index (χ2n) is 6.17. The molecular weight excluding hydrogens is 515 g/mol. The molecule has 0 saturated carbocycles. The van der Waals surface area contributed by atoms with Gasteiger partial charge in [0.05, 0.1) is 27.2 Å². The highest BCUT2D eigenvalue weighted by molar-refractivity contribution is 14.1. The number of nitriles is 1. The van der Waals surface area contributed by atoms with Crippen LogP contribution in [0, 0.1) is 14.9 Å². The van der Waals surface area contributed by atoms with Crippen LogP contribution in [0.3, 0.4) is 0 Å². The van der Waals surface area contributed by atoms with Crippen LogP contribution in [0.15, 0.2) is 54.0 Å². The Labute approximate surface area is 192 Å². The minimum absolute atomic E-state index is 0.180. The Morgan fingerprint density at radius 2 is 2.07 bits per heavy atom. The zero-order valence-corrected chi connectivity index (χ0v) is 19.0. The summed E-state index contributed by atoms with van der Waals surface area (Å²) in [5, 5.41) is 8.92. The first-order valence-corrected chi connectivity index (χ1v) is 10.7. The van der Waals surface area contributed by atoms with Gasteiger partial charge < -0.3 is 9.47 Å². The van der Waals surface area contributed by atoms with Crippen molar-refractivity contribution >= 4 is 51.6 Å². The summed E-state index contributed by atoms with van der Waals surface area (Å²) in [6.07, 6.45) is 3.18. The predicted octanol–water partition coefficient (Wildman–Crippen LogP) is 4.97. The highest BCUT2D eigenvalue weighted by Crippen LogP contribution is 2.37. The summed E-state index contributed by atoms with van der Waals surface area (Å²) in [5.74, 6) is 0.697. The van der Waals surface area contributed by atoms with E-state index in [4.69, 9.17) is 9.47 Å². The molecule has 152 valence electrons. The molecule has 1 aliphatic rings. The molecule has 0 unspecified atom stereocenters. The Hall–Kier alpha value is -2.77. The molecule has 0 atom stereocenters. The lowest BCUT2D eigenvalue weighted by Gasteiger charge is -2.14. The largest absolute Gasteiger partial charge is 0.493 e. The van der Waals surface area contributed by atoms with Crippen LogP contribution in [0.2, 0.25) is 0 Å². The van der Waals surface area contributed by atoms with Gasteiger partial charge in [0.25, 0.3) is 11.1 Å². The third-order valence-corrected chi connectivity index (χ3v) is 5.95. The smallest absolute Gasteiger partial charge is 0.293 e. The quantitative estimate of drug-likeness (QED) is 0.285. The minimum atomic E-state index is -0.340. The maximum atomic E-state index is 12.4. The van der Waals surface area contributed by atoms with Gasteiger partial charge in [0.15, 0.2) is 11.5 Å². The summed E-state index contributed by atoms with van der Waals surface area (Å²) >= 11 is 3.02. The van der Waals surface area contributed by atoms with E-state index in [1.54, 1.807) is 24.3 Å². The third kappa shape index (κ3) is 4.68. The Kier molecular flexibility index (Phi) is 7.18. The maximum absolute atomic E-state index is 12.4. The first kappa shape index (κ1) is 21.9. The van der Waals surface area contributed by atoms with E-state index < -0.39 is 0 Å². The average molecular weight is 532 g/mol. The number of hydrogen-bond acceptors (Lipinski definition) is 6. The number of rotatable bonds is 7. The SMILES string of the molecule is C=CCN1C(=O)S/C(=C/c2cc(I)c(OCc3ccccc3C#N)c(OC)c2)C1=O. The summed E-state index contributed by atoms with van der Waals surface area (Å²) in [7, 11) is 1.53. The molecule has 2 amide bonds. The number of amides is 2. The number of halogens is 1. The van der Waals surface area contributed by atoms with Gasteiger partial charge in [-0.15, -0.1) is 6.58 Å². The number of nitrogens with zero attached hydrogens (tertiary/aromatic N) is 2. The van der Waals surface area contributed by atoms with E-state index in [9.17, 15) is 14.9 Å². The summed E-state index contributed by atoms with van der Waals surface area (Å²) in [6.45, 7) is 3.97. The molecular formula is C22H17IN2O4S. The van der Waals surface area contributed by atoms with Crippen molar-refractivity contribution in [3.8, 4) is 17.6 Å². The topological polar surface area (TPSA) is 79.6 Å². The van der Waals surface area contributed by atoms with Crippen LogP contribution in [-0.2, 0) is 11.4 Å². The van der Waals surface area contributed by atoms with Crippen molar-refractivity contribution in [1.29, 1.82) is 5.26 Å². The highest BCUT2D eigenvalue weighted by atomic mass is 127. The maximum Gasteiger partial charge on any atom is 0.293 e. The fourth-order valence-corrected chi connectivity index (χ4v) is 4.44. The molecule has 6 nitrogen and oxygen atoms in total. The lowest BCUT2D eigenvalue weighted by molar-refractivity contribution is -0.122. The molecule has 0 spiro atoms. The zero-order chi connectivity index (χ0) is 21.7. The first-order valence-electron chi connectivity index (χ1n) is 8.83. The Morgan fingerprint density at radius 3 is 2.77 bits per heavy atom. The second kappa shape index (κ2) is 9.82. The van der Waals surface area contributed by atoms with Crippen LogP contribution in [0.4, 0.5) is 4.79 Å². The molecule has 3 rings (SSSR count). The molecule has 1 aliphatic heterocycles. The molecule has 0 radical (unpaired) electrons. The van der Waals surface area contributed by atoms with Crippen LogP contribution < -0.4 is 9.47 Å². The molecule has 2 aromatic carbocycles. The molecule has 1 heterocycles. The molecule has 0 aliphatic carbocycles. The number of imide groups is 1. The van der Waals surface area contributed by atoms with Crippen molar-refractivity contribution in [2.75, 3.05) is 13.7 Å². The van der Waals surface area contributed by atoms with Gasteiger partial charge in [0, 0.05) is 12.1 Å². The number of hydrogen-bond donors (Lipinski definition) is 0. The van der Waals surface area contributed by atoms with Crippen LogP contribution in [-0.4, -0.2) is 29.7 Å². The molecule has 2 aromatic rings. The van der Waals surface area contributed by atoms with E-state index in [2.05, 4.69) is 35.2 Å². The fourth-order valence-electron chi connectivity index (χ4n) is 2.81. The number of thioether (sulfide) groups is 1. The zero-order valence-electron chi connectivity index (χ0n) is 16.1. The molecule has 0 aromatic heterocycles. The van der Waals surface area contributed by atoms with Crippen molar-refractivity contribution < 1.29 is 19.1 Å². The van der Waals surface area contributed by atoms with Crippen LogP contribution in [0.1, 0.15) is 16.7 Å². The highest BCUT2D eigenvalue weighted by Gasteiger charge is 2.34. The van der Waals surface area contributed by atoms with Crippen molar-refractivity contribution in [1.82, 2.24) is 4.90 Å². The van der Waals surface area contributed by atoms with E-state index in [-0.39, 0.29) is 24.3 Å². The first-order chi connectivity index (χ1) is 14.5. The summed E-state index contributed by atoms with van der Waals surface area (Å²) in [6, 6.07) is 13.0. The summed E-state index contributed by atoms with van der Waals surface area (Å²) in [4.78, 5) is 25.9. The van der Waals surface area contributed by atoms with Gasteiger partial charge in [-0.2, -0.15) is 5.26 Å². The number of carbonyl (C=O) groups excluding carboxylic acids is 2. The van der Waals surface area contributed by atoms with Crippen molar-refractivity contribution in [2.45, 2.75) is 6.61 Å². The van der Waals surface area contributed by atoms with Gasteiger partial charge in [-0.3, -0.25) is 14.5 Å². The standard InChI is InChI=1S/C22H17IN2O4S/c1-3-8-25-21(26)19(30-22(25)27)11-14-9-17(23)20(18(10-14)28-2)29-13-16-7-5-4-6-15(16)12-24/h3-7,9-11H,1,8,13H2,2H3/b19-11+. The Morgan fingerprint density at radius 1 is 1.30 bits per heavy atom.